The molecule has 0 aliphatic rings. The molecule has 0 radical (unpaired) electrons. The number of nitro groups is 1. The van der Waals surface area contributed by atoms with Crippen LogP contribution in [0.2, 0.25) is 0 Å². The molecule has 0 aliphatic carbocycles. The van der Waals surface area contributed by atoms with Crippen molar-refractivity contribution in [3.8, 4) is 5.75 Å². The highest BCUT2D eigenvalue weighted by atomic mass is 16.6. The molecule has 112 valence electrons. The van der Waals surface area contributed by atoms with Crippen LogP contribution in [-0.4, -0.2) is 28.8 Å². The number of hydrogen-bond donors (Lipinski definition) is 2. The molecule has 1 aromatic rings. The van der Waals surface area contributed by atoms with Crippen molar-refractivity contribution < 1.29 is 14.8 Å². The first-order valence-electron chi connectivity index (χ1n) is 6.78. The first kappa shape index (κ1) is 16.4. The number of nitro benzene ring substituents is 1. The van der Waals surface area contributed by atoms with E-state index >= 15 is 0 Å². The van der Waals surface area contributed by atoms with E-state index in [1.54, 1.807) is 26.0 Å². The molecular weight excluding hydrogens is 260 g/mol. The Bertz CT molecular complexity index is 449. The number of nitrogens with one attached hydrogen (secondary N) is 1. The molecule has 2 N–H and O–H groups in total. The molecule has 6 nitrogen and oxygen atoms in total. The third-order valence-electron chi connectivity index (χ3n) is 2.97. The summed E-state index contributed by atoms with van der Waals surface area (Å²) in [5.74, 6) is 0.194. The molecule has 0 bridgehead atoms. The summed E-state index contributed by atoms with van der Waals surface area (Å²) in [4.78, 5) is 10.5. The summed E-state index contributed by atoms with van der Waals surface area (Å²) >= 11 is 0. The third-order valence-corrected chi connectivity index (χ3v) is 2.97. The lowest BCUT2D eigenvalue weighted by atomic mass is 10.1. The van der Waals surface area contributed by atoms with Crippen LogP contribution < -0.4 is 10.1 Å². The minimum absolute atomic E-state index is 0.0864. The van der Waals surface area contributed by atoms with Gasteiger partial charge in [-0.15, -0.1) is 0 Å². The Kier molecular flexibility index (Phi) is 6.41. The Morgan fingerprint density at radius 2 is 2.15 bits per heavy atom. The SMILES string of the molecule is CCCNCc1ccc([N+](=O)[O-])c(OC(C)C(C)O)c1. The molecule has 0 heterocycles. The Hall–Kier alpha value is -1.66. The van der Waals surface area contributed by atoms with Gasteiger partial charge in [-0.3, -0.25) is 10.1 Å². The lowest BCUT2D eigenvalue weighted by Crippen LogP contribution is -2.26. The van der Waals surface area contributed by atoms with Gasteiger partial charge in [0.25, 0.3) is 0 Å². The van der Waals surface area contributed by atoms with Gasteiger partial charge in [0.2, 0.25) is 0 Å². The van der Waals surface area contributed by atoms with Crippen molar-refractivity contribution in [3.63, 3.8) is 0 Å². The second-order valence-corrected chi connectivity index (χ2v) is 4.80. The maximum atomic E-state index is 11.0. The monoisotopic (exact) mass is 282 g/mol. The Morgan fingerprint density at radius 1 is 1.45 bits per heavy atom. The van der Waals surface area contributed by atoms with Gasteiger partial charge in [-0.05, 0) is 38.4 Å². The van der Waals surface area contributed by atoms with Crippen LogP contribution in [0.25, 0.3) is 0 Å². The lowest BCUT2D eigenvalue weighted by molar-refractivity contribution is -0.386. The maximum Gasteiger partial charge on any atom is 0.310 e. The van der Waals surface area contributed by atoms with Crippen LogP contribution in [0.4, 0.5) is 5.69 Å². The molecule has 2 atom stereocenters. The van der Waals surface area contributed by atoms with Gasteiger partial charge in [0.15, 0.2) is 5.75 Å². The van der Waals surface area contributed by atoms with Crippen molar-refractivity contribution in [1.29, 1.82) is 0 Å². The van der Waals surface area contributed by atoms with E-state index < -0.39 is 17.1 Å². The molecule has 0 aliphatic heterocycles. The number of ether oxygens (including phenoxy) is 1. The van der Waals surface area contributed by atoms with Crippen molar-refractivity contribution in [2.75, 3.05) is 6.54 Å². The molecule has 0 spiro atoms. The van der Waals surface area contributed by atoms with Gasteiger partial charge in [0.1, 0.15) is 6.10 Å². The third kappa shape index (κ3) is 4.79. The standard InChI is InChI=1S/C14H22N2O4/c1-4-7-15-9-12-5-6-13(16(18)19)14(8-12)20-11(3)10(2)17/h5-6,8,10-11,15,17H,4,7,9H2,1-3H3. The normalized spacial score (nSPS) is 13.8. The number of nitrogens with zero attached hydrogens (tertiary/aromatic N) is 1. The molecule has 0 aromatic heterocycles. The van der Waals surface area contributed by atoms with Gasteiger partial charge < -0.3 is 15.2 Å². The number of aliphatic hydroxyl groups excluding tert-OH is 1. The first-order chi connectivity index (χ1) is 9.45. The topological polar surface area (TPSA) is 84.6 Å². The number of aliphatic hydroxyl groups is 1. The maximum absolute atomic E-state index is 11.0. The molecule has 20 heavy (non-hydrogen) atoms. The zero-order valence-corrected chi connectivity index (χ0v) is 12.1. The highest BCUT2D eigenvalue weighted by Gasteiger charge is 2.19. The van der Waals surface area contributed by atoms with Gasteiger partial charge in [-0.2, -0.15) is 0 Å². The van der Waals surface area contributed by atoms with E-state index in [2.05, 4.69) is 12.2 Å². The predicted molar refractivity (Wildman–Crippen MR) is 76.9 cm³/mol. The largest absolute Gasteiger partial charge is 0.481 e. The molecule has 0 fully saturated rings. The lowest BCUT2D eigenvalue weighted by Gasteiger charge is -2.17. The zero-order chi connectivity index (χ0) is 15.1. The van der Waals surface area contributed by atoms with Crippen molar-refractivity contribution in [1.82, 2.24) is 5.32 Å². The fourth-order valence-corrected chi connectivity index (χ4v) is 1.62. The van der Waals surface area contributed by atoms with E-state index in [0.29, 0.717) is 6.54 Å². The van der Waals surface area contributed by atoms with Gasteiger partial charge in [-0.25, -0.2) is 0 Å². The molecular formula is C14H22N2O4. The Balaban J connectivity index is 2.90. The summed E-state index contributed by atoms with van der Waals surface area (Å²) in [6.45, 7) is 6.85. The number of hydrogen-bond acceptors (Lipinski definition) is 5. The van der Waals surface area contributed by atoms with Crippen LogP contribution in [0.15, 0.2) is 18.2 Å². The minimum atomic E-state index is -0.698. The van der Waals surface area contributed by atoms with E-state index in [9.17, 15) is 15.2 Å². The summed E-state index contributed by atoms with van der Waals surface area (Å²) in [6.07, 6.45) is -0.181. The second-order valence-electron chi connectivity index (χ2n) is 4.80. The molecule has 2 unspecified atom stereocenters. The quantitative estimate of drug-likeness (QED) is 0.434. The van der Waals surface area contributed by atoms with Crippen molar-refractivity contribution in [2.24, 2.45) is 0 Å². The van der Waals surface area contributed by atoms with Crippen LogP contribution in [0, 0.1) is 10.1 Å². The first-order valence-corrected chi connectivity index (χ1v) is 6.78. The number of benzene rings is 1. The molecule has 1 aromatic carbocycles. The fraction of sp³-hybridized carbons (Fsp3) is 0.571. The Morgan fingerprint density at radius 3 is 2.70 bits per heavy atom. The highest BCUT2D eigenvalue weighted by Crippen LogP contribution is 2.29. The van der Waals surface area contributed by atoms with Crippen molar-refractivity contribution in [2.45, 2.75) is 45.9 Å². The smallest absolute Gasteiger partial charge is 0.310 e. The molecule has 0 saturated heterocycles. The van der Waals surface area contributed by atoms with E-state index in [1.807, 2.05) is 0 Å². The van der Waals surface area contributed by atoms with Crippen LogP contribution in [0.3, 0.4) is 0 Å². The van der Waals surface area contributed by atoms with Crippen molar-refractivity contribution in [3.05, 3.63) is 33.9 Å². The van der Waals surface area contributed by atoms with Crippen molar-refractivity contribution >= 4 is 5.69 Å². The van der Waals surface area contributed by atoms with Crippen LogP contribution in [-0.2, 0) is 6.54 Å². The summed E-state index contributed by atoms with van der Waals surface area (Å²) in [6, 6.07) is 4.80. The summed E-state index contributed by atoms with van der Waals surface area (Å²) < 4.78 is 5.50. The molecule has 6 heteroatoms. The van der Waals surface area contributed by atoms with E-state index in [1.165, 1.54) is 6.07 Å². The summed E-state index contributed by atoms with van der Waals surface area (Å²) in [5.41, 5.74) is 0.827. The molecule has 0 amide bonds. The zero-order valence-electron chi connectivity index (χ0n) is 12.1. The molecule has 1 rings (SSSR count). The predicted octanol–water partition coefficient (Wildman–Crippen LogP) is 2.24. The van der Waals surface area contributed by atoms with Crippen LogP contribution >= 0.6 is 0 Å². The van der Waals surface area contributed by atoms with E-state index in [0.717, 1.165) is 18.5 Å². The minimum Gasteiger partial charge on any atom is -0.481 e. The van der Waals surface area contributed by atoms with Gasteiger partial charge >= 0.3 is 5.69 Å². The van der Waals surface area contributed by atoms with Gasteiger partial charge in [-0.1, -0.05) is 13.0 Å². The second kappa shape index (κ2) is 7.81. The van der Waals surface area contributed by atoms with E-state index in [-0.39, 0.29) is 11.4 Å². The average Bonchev–Trinajstić information content (AvgIpc) is 2.38. The van der Waals surface area contributed by atoms with E-state index in [4.69, 9.17) is 4.74 Å². The van der Waals surface area contributed by atoms with Gasteiger partial charge in [0.05, 0.1) is 11.0 Å². The number of rotatable bonds is 8. The van der Waals surface area contributed by atoms with Crippen LogP contribution in [0.5, 0.6) is 5.75 Å². The summed E-state index contributed by atoms with van der Waals surface area (Å²) in [7, 11) is 0. The fourth-order valence-electron chi connectivity index (χ4n) is 1.62. The highest BCUT2D eigenvalue weighted by molar-refractivity contribution is 5.48. The summed E-state index contributed by atoms with van der Waals surface area (Å²) in [5, 5.41) is 23.7. The van der Waals surface area contributed by atoms with Crippen LogP contribution in [0.1, 0.15) is 32.8 Å². The average molecular weight is 282 g/mol. The Labute approximate surface area is 118 Å². The molecule has 0 saturated carbocycles. The van der Waals surface area contributed by atoms with Gasteiger partial charge in [0, 0.05) is 12.6 Å².